The number of rotatable bonds is 6. The number of ether oxygens (including phenoxy) is 2. The molecule has 0 spiro atoms. The number of methoxy groups -OCH3 is 1. The number of hydrogen-bond acceptors (Lipinski definition) is 5. The largest absolute Gasteiger partial charge is 0.497 e. The number of carbonyl (C=O) groups excluding carboxylic acids is 1. The van der Waals surface area contributed by atoms with Crippen molar-refractivity contribution in [3.63, 3.8) is 0 Å². The van der Waals surface area contributed by atoms with Gasteiger partial charge in [-0.2, -0.15) is 0 Å². The number of nitro benzene ring substituents is 1. The lowest BCUT2D eigenvalue weighted by Gasteiger charge is -2.13. The number of benzene rings is 3. The van der Waals surface area contributed by atoms with Gasteiger partial charge in [0.2, 0.25) is 0 Å². The second-order valence-electron chi connectivity index (χ2n) is 6.13. The average molecular weight is 396 g/mol. The molecule has 29 heavy (non-hydrogen) atoms. The van der Waals surface area contributed by atoms with Crippen molar-refractivity contribution in [3.05, 3.63) is 87.7 Å². The molecule has 0 aliphatic rings. The van der Waals surface area contributed by atoms with E-state index in [-0.39, 0.29) is 17.0 Å². The maximum Gasteiger partial charge on any atom is 0.270 e. The van der Waals surface area contributed by atoms with Crippen LogP contribution in [0.15, 0.2) is 60.7 Å². The van der Waals surface area contributed by atoms with Crippen LogP contribution in [0.5, 0.6) is 17.2 Å². The fraction of sp³-hybridized carbons (Fsp3) is 0.0952. The lowest BCUT2D eigenvalue weighted by atomic mass is 10.1. The van der Waals surface area contributed by atoms with E-state index in [2.05, 4.69) is 5.32 Å². The number of anilines is 1. The molecular formula is C21H17FN2O5. The van der Waals surface area contributed by atoms with Crippen molar-refractivity contribution in [2.45, 2.75) is 6.92 Å². The summed E-state index contributed by atoms with van der Waals surface area (Å²) in [5.74, 6) is 0.141. The Morgan fingerprint density at radius 1 is 1.03 bits per heavy atom. The molecule has 0 aliphatic carbocycles. The zero-order valence-electron chi connectivity index (χ0n) is 15.6. The second-order valence-corrected chi connectivity index (χ2v) is 6.13. The van der Waals surface area contributed by atoms with E-state index in [1.165, 1.54) is 37.4 Å². The molecule has 7 nitrogen and oxygen atoms in total. The summed E-state index contributed by atoms with van der Waals surface area (Å²) >= 11 is 0. The molecule has 0 aliphatic heterocycles. The molecule has 0 heterocycles. The Kier molecular flexibility index (Phi) is 5.73. The van der Waals surface area contributed by atoms with Crippen molar-refractivity contribution in [2.75, 3.05) is 12.4 Å². The summed E-state index contributed by atoms with van der Waals surface area (Å²) < 4.78 is 24.1. The molecule has 0 atom stereocenters. The van der Waals surface area contributed by atoms with E-state index in [0.29, 0.717) is 22.7 Å². The molecule has 148 valence electrons. The fourth-order valence-electron chi connectivity index (χ4n) is 2.63. The van der Waals surface area contributed by atoms with E-state index < -0.39 is 16.6 Å². The third kappa shape index (κ3) is 4.67. The standard InChI is InChI=1S/C21H17FN2O5/c1-13-11-14(22)3-9-19(13)23-21(25)18-12-15(24(26)27)4-10-20(18)29-17-7-5-16(28-2)6-8-17/h3-12H,1-2H3,(H,23,25). The Labute approximate surface area is 165 Å². The molecular weight excluding hydrogens is 379 g/mol. The van der Waals surface area contributed by atoms with E-state index in [0.717, 1.165) is 6.07 Å². The normalized spacial score (nSPS) is 10.3. The predicted molar refractivity (Wildman–Crippen MR) is 105 cm³/mol. The number of nitrogens with zero attached hydrogens (tertiary/aromatic N) is 1. The summed E-state index contributed by atoms with van der Waals surface area (Å²) in [6.07, 6.45) is 0. The summed E-state index contributed by atoms with van der Waals surface area (Å²) in [7, 11) is 1.53. The number of nitrogens with one attached hydrogen (secondary N) is 1. The molecule has 1 amide bonds. The number of aryl methyl sites for hydroxylation is 1. The van der Waals surface area contributed by atoms with Crippen LogP contribution in [0.25, 0.3) is 0 Å². The molecule has 8 heteroatoms. The first kappa shape index (κ1) is 19.8. The van der Waals surface area contributed by atoms with E-state index in [1.807, 2.05) is 0 Å². The predicted octanol–water partition coefficient (Wildman–Crippen LogP) is 5.10. The maximum absolute atomic E-state index is 13.3. The molecule has 0 bridgehead atoms. The van der Waals surface area contributed by atoms with Gasteiger partial charge >= 0.3 is 0 Å². The zero-order chi connectivity index (χ0) is 21.0. The molecule has 0 radical (unpaired) electrons. The van der Waals surface area contributed by atoms with Gasteiger partial charge in [-0.3, -0.25) is 14.9 Å². The van der Waals surface area contributed by atoms with E-state index >= 15 is 0 Å². The van der Waals surface area contributed by atoms with Crippen LogP contribution in [0.3, 0.4) is 0 Å². The minimum Gasteiger partial charge on any atom is -0.497 e. The van der Waals surface area contributed by atoms with Crippen LogP contribution in [0.1, 0.15) is 15.9 Å². The van der Waals surface area contributed by atoms with Crippen LogP contribution in [0.2, 0.25) is 0 Å². The first-order valence-corrected chi connectivity index (χ1v) is 8.55. The molecule has 0 saturated heterocycles. The van der Waals surface area contributed by atoms with Gasteiger partial charge in [0.1, 0.15) is 23.1 Å². The molecule has 0 fully saturated rings. The third-order valence-corrected chi connectivity index (χ3v) is 4.14. The topological polar surface area (TPSA) is 90.7 Å². The molecule has 3 rings (SSSR count). The lowest BCUT2D eigenvalue weighted by Crippen LogP contribution is -2.14. The van der Waals surface area contributed by atoms with Gasteiger partial charge in [-0.1, -0.05) is 0 Å². The van der Waals surface area contributed by atoms with E-state index in [1.54, 1.807) is 31.2 Å². The van der Waals surface area contributed by atoms with Gasteiger partial charge in [0.05, 0.1) is 17.6 Å². The highest BCUT2D eigenvalue weighted by Gasteiger charge is 2.19. The van der Waals surface area contributed by atoms with Crippen LogP contribution in [0.4, 0.5) is 15.8 Å². The van der Waals surface area contributed by atoms with E-state index in [4.69, 9.17) is 9.47 Å². The number of halogens is 1. The molecule has 0 aromatic heterocycles. The maximum atomic E-state index is 13.3. The number of nitro groups is 1. The summed E-state index contributed by atoms with van der Waals surface area (Å²) in [6.45, 7) is 1.64. The number of non-ortho nitro benzene ring substituents is 1. The minimum absolute atomic E-state index is 0.0289. The second kappa shape index (κ2) is 8.39. The highest BCUT2D eigenvalue weighted by molar-refractivity contribution is 6.07. The molecule has 3 aromatic rings. The highest BCUT2D eigenvalue weighted by Crippen LogP contribution is 2.30. The van der Waals surface area contributed by atoms with E-state index in [9.17, 15) is 19.3 Å². The van der Waals surface area contributed by atoms with Crippen LogP contribution >= 0.6 is 0 Å². The summed E-state index contributed by atoms with van der Waals surface area (Å²) in [6, 6.07) is 14.3. The summed E-state index contributed by atoms with van der Waals surface area (Å²) in [5.41, 5.74) is 0.617. The van der Waals surface area contributed by atoms with Gasteiger partial charge in [0.25, 0.3) is 11.6 Å². The average Bonchev–Trinajstić information content (AvgIpc) is 2.70. The first-order valence-electron chi connectivity index (χ1n) is 8.55. The van der Waals surface area contributed by atoms with Crippen LogP contribution in [-0.2, 0) is 0 Å². The summed E-state index contributed by atoms with van der Waals surface area (Å²) in [5, 5.41) is 13.8. The zero-order valence-corrected chi connectivity index (χ0v) is 15.6. The Bertz CT molecular complexity index is 1070. The number of carbonyl (C=O) groups is 1. The summed E-state index contributed by atoms with van der Waals surface area (Å²) in [4.78, 5) is 23.4. The third-order valence-electron chi connectivity index (χ3n) is 4.14. The van der Waals surface area contributed by atoms with Crippen LogP contribution in [-0.4, -0.2) is 17.9 Å². The lowest BCUT2D eigenvalue weighted by molar-refractivity contribution is -0.384. The van der Waals surface area contributed by atoms with Crippen LogP contribution in [0, 0.1) is 22.9 Å². The monoisotopic (exact) mass is 396 g/mol. The van der Waals surface area contributed by atoms with Crippen molar-refractivity contribution in [1.29, 1.82) is 0 Å². The van der Waals surface area contributed by atoms with Crippen molar-refractivity contribution >= 4 is 17.3 Å². The van der Waals surface area contributed by atoms with Gasteiger partial charge in [0, 0.05) is 17.8 Å². The SMILES string of the molecule is COc1ccc(Oc2ccc([N+](=O)[O-])cc2C(=O)Nc2ccc(F)cc2C)cc1. The van der Waals surface area contributed by atoms with Gasteiger partial charge in [-0.05, 0) is 61.0 Å². The fourth-order valence-corrected chi connectivity index (χ4v) is 2.63. The molecule has 3 aromatic carbocycles. The van der Waals surface area contributed by atoms with Crippen LogP contribution < -0.4 is 14.8 Å². The van der Waals surface area contributed by atoms with Crippen molar-refractivity contribution in [3.8, 4) is 17.2 Å². The highest BCUT2D eigenvalue weighted by atomic mass is 19.1. The first-order chi connectivity index (χ1) is 13.9. The number of hydrogen-bond donors (Lipinski definition) is 1. The van der Waals surface area contributed by atoms with Crippen molar-refractivity contribution < 1.29 is 23.6 Å². The van der Waals surface area contributed by atoms with Gasteiger partial charge in [-0.25, -0.2) is 4.39 Å². The van der Waals surface area contributed by atoms with Crippen molar-refractivity contribution in [1.82, 2.24) is 0 Å². The Morgan fingerprint density at radius 3 is 2.34 bits per heavy atom. The van der Waals surface area contributed by atoms with Gasteiger partial charge < -0.3 is 14.8 Å². The smallest absolute Gasteiger partial charge is 0.270 e. The molecule has 0 unspecified atom stereocenters. The Hall–Kier alpha value is -3.94. The quantitative estimate of drug-likeness (QED) is 0.463. The van der Waals surface area contributed by atoms with Gasteiger partial charge in [-0.15, -0.1) is 0 Å². The molecule has 1 N–H and O–H groups in total. The minimum atomic E-state index is -0.619. The Morgan fingerprint density at radius 2 is 1.72 bits per heavy atom. The van der Waals surface area contributed by atoms with Gasteiger partial charge in [0.15, 0.2) is 0 Å². The Balaban J connectivity index is 1.94. The van der Waals surface area contributed by atoms with Crippen molar-refractivity contribution in [2.24, 2.45) is 0 Å². The molecule has 0 saturated carbocycles. The number of amides is 1.